The van der Waals surface area contributed by atoms with Gasteiger partial charge >= 0.3 is 0 Å². The number of carbonyl (C=O) groups is 1. The van der Waals surface area contributed by atoms with E-state index in [2.05, 4.69) is 5.43 Å². The van der Waals surface area contributed by atoms with Gasteiger partial charge in [-0.3, -0.25) is 10.2 Å². The monoisotopic (exact) mass is 254 g/mol. The largest absolute Gasteiger partial charge is 0.395 e. The van der Waals surface area contributed by atoms with Crippen molar-refractivity contribution in [2.45, 2.75) is 24.4 Å². The minimum atomic E-state index is -1.99. The summed E-state index contributed by atoms with van der Waals surface area (Å²) in [5.74, 6) is -1.05. The summed E-state index contributed by atoms with van der Waals surface area (Å²) in [6, 6.07) is 0. The summed E-state index contributed by atoms with van der Waals surface area (Å²) in [5.41, 5.74) is 4.20. The summed E-state index contributed by atoms with van der Waals surface area (Å²) >= 11 is 0. The van der Waals surface area contributed by atoms with E-state index >= 15 is 0 Å². The third-order valence-electron chi connectivity index (χ3n) is 1.97. The maximum atomic E-state index is 11.2. The molecule has 0 aromatic rings. The lowest BCUT2D eigenvalue weighted by Crippen LogP contribution is -2.54. The SMILES string of the molecule is O=C(NNCCO)[C@H](O)[C@H](O)[C@H](O)[C@H](O)CO. The fraction of sp³-hybridized carbons (Fsp3) is 0.875. The number of hydrogen-bond donors (Lipinski definition) is 8. The van der Waals surface area contributed by atoms with Gasteiger partial charge in [0.15, 0.2) is 6.10 Å². The Morgan fingerprint density at radius 1 is 1.06 bits per heavy atom. The van der Waals surface area contributed by atoms with Crippen molar-refractivity contribution in [2.24, 2.45) is 0 Å². The second-order valence-electron chi connectivity index (χ2n) is 3.32. The van der Waals surface area contributed by atoms with E-state index in [0.29, 0.717) is 0 Å². The Kier molecular flexibility index (Phi) is 7.91. The molecule has 1 amide bonds. The third-order valence-corrected chi connectivity index (χ3v) is 1.97. The number of carbonyl (C=O) groups excluding carboxylic acids is 1. The highest BCUT2D eigenvalue weighted by atomic mass is 16.4. The van der Waals surface area contributed by atoms with E-state index in [0.717, 1.165) is 0 Å². The average Bonchev–Trinajstić information content (AvgIpc) is 2.35. The van der Waals surface area contributed by atoms with Gasteiger partial charge in [-0.2, -0.15) is 0 Å². The van der Waals surface area contributed by atoms with Crippen molar-refractivity contribution in [1.29, 1.82) is 0 Å². The zero-order chi connectivity index (χ0) is 13.4. The summed E-state index contributed by atoms with van der Waals surface area (Å²) in [4.78, 5) is 11.2. The summed E-state index contributed by atoms with van der Waals surface area (Å²) in [7, 11) is 0. The van der Waals surface area contributed by atoms with Gasteiger partial charge in [0.2, 0.25) is 0 Å². The summed E-state index contributed by atoms with van der Waals surface area (Å²) < 4.78 is 0. The summed E-state index contributed by atoms with van der Waals surface area (Å²) in [6.07, 6.45) is -7.47. The molecule has 0 fully saturated rings. The molecule has 9 heteroatoms. The van der Waals surface area contributed by atoms with Crippen LogP contribution in [-0.4, -0.2) is 80.7 Å². The fourth-order valence-electron chi connectivity index (χ4n) is 0.957. The van der Waals surface area contributed by atoms with E-state index in [1.807, 2.05) is 5.43 Å². The number of rotatable bonds is 8. The second kappa shape index (κ2) is 8.31. The van der Waals surface area contributed by atoms with Crippen molar-refractivity contribution < 1.29 is 35.4 Å². The molecule has 0 aromatic carbocycles. The van der Waals surface area contributed by atoms with E-state index < -0.39 is 36.9 Å². The molecule has 0 rings (SSSR count). The lowest BCUT2D eigenvalue weighted by Gasteiger charge is -2.24. The van der Waals surface area contributed by atoms with Crippen molar-refractivity contribution in [2.75, 3.05) is 19.8 Å². The van der Waals surface area contributed by atoms with Gasteiger partial charge < -0.3 is 30.6 Å². The highest BCUT2D eigenvalue weighted by Crippen LogP contribution is 2.04. The Bertz CT molecular complexity index is 228. The first-order valence-corrected chi connectivity index (χ1v) is 4.92. The number of hydrogen-bond acceptors (Lipinski definition) is 8. The predicted molar refractivity (Wildman–Crippen MR) is 54.3 cm³/mol. The number of hydrazine groups is 1. The molecule has 0 saturated heterocycles. The van der Waals surface area contributed by atoms with Gasteiger partial charge in [-0.25, -0.2) is 5.43 Å². The van der Waals surface area contributed by atoms with Gasteiger partial charge in [0, 0.05) is 6.54 Å². The Hall–Kier alpha value is -0.810. The molecule has 0 heterocycles. The van der Waals surface area contributed by atoms with Crippen molar-refractivity contribution in [3.8, 4) is 0 Å². The second-order valence-corrected chi connectivity index (χ2v) is 3.32. The number of aliphatic hydroxyl groups excluding tert-OH is 6. The Labute approximate surface area is 97.3 Å². The normalized spacial score (nSPS) is 18.2. The van der Waals surface area contributed by atoms with Crippen molar-refractivity contribution >= 4 is 5.91 Å². The molecule has 0 spiro atoms. The molecule has 0 saturated carbocycles. The molecule has 0 aromatic heterocycles. The van der Waals surface area contributed by atoms with Gasteiger partial charge in [-0.1, -0.05) is 0 Å². The molecule has 0 bridgehead atoms. The predicted octanol–water partition coefficient (Wildman–Crippen LogP) is -4.96. The maximum absolute atomic E-state index is 11.2. The van der Waals surface area contributed by atoms with Crippen LogP contribution in [0.2, 0.25) is 0 Å². The first-order chi connectivity index (χ1) is 7.95. The Morgan fingerprint density at radius 2 is 1.65 bits per heavy atom. The van der Waals surface area contributed by atoms with Crippen molar-refractivity contribution in [3.63, 3.8) is 0 Å². The Morgan fingerprint density at radius 3 is 2.12 bits per heavy atom. The van der Waals surface area contributed by atoms with E-state index in [4.69, 9.17) is 15.3 Å². The lowest BCUT2D eigenvalue weighted by molar-refractivity contribution is -0.149. The number of nitrogens with one attached hydrogen (secondary N) is 2. The zero-order valence-corrected chi connectivity index (χ0v) is 9.02. The molecule has 0 aliphatic carbocycles. The smallest absolute Gasteiger partial charge is 0.265 e. The summed E-state index contributed by atoms with van der Waals surface area (Å²) in [5, 5.41) is 53.7. The lowest BCUT2D eigenvalue weighted by atomic mass is 10.0. The third kappa shape index (κ3) is 5.37. The minimum Gasteiger partial charge on any atom is -0.395 e. The van der Waals surface area contributed by atoms with E-state index in [-0.39, 0.29) is 13.2 Å². The Balaban J connectivity index is 4.18. The molecule has 9 nitrogen and oxygen atoms in total. The molecule has 17 heavy (non-hydrogen) atoms. The number of amides is 1. The standard InChI is InChI=1S/C8H18N2O7/c11-2-1-9-10-8(17)7(16)6(15)5(14)4(13)3-12/h4-7,9,11-16H,1-3H2,(H,10,17)/t4-,5-,6-,7-/m1/s1. The minimum absolute atomic E-state index is 0.0381. The summed E-state index contributed by atoms with van der Waals surface area (Å²) in [6.45, 7) is -1.03. The topological polar surface area (TPSA) is 163 Å². The first-order valence-electron chi connectivity index (χ1n) is 4.92. The van der Waals surface area contributed by atoms with Gasteiger partial charge in [-0.15, -0.1) is 0 Å². The van der Waals surface area contributed by atoms with Crippen LogP contribution in [-0.2, 0) is 4.79 Å². The van der Waals surface area contributed by atoms with Crippen LogP contribution < -0.4 is 10.9 Å². The van der Waals surface area contributed by atoms with Crippen LogP contribution in [0.3, 0.4) is 0 Å². The van der Waals surface area contributed by atoms with Crippen molar-refractivity contribution in [3.05, 3.63) is 0 Å². The molecule has 102 valence electrons. The van der Waals surface area contributed by atoms with Crippen LogP contribution in [0.15, 0.2) is 0 Å². The molecule has 0 aliphatic rings. The van der Waals surface area contributed by atoms with Crippen molar-refractivity contribution in [1.82, 2.24) is 10.9 Å². The van der Waals surface area contributed by atoms with E-state index in [1.54, 1.807) is 0 Å². The highest BCUT2D eigenvalue weighted by molar-refractivity contribution is 5.80. The molecular formula is C8H18N2O7. The highest BCUT2D eigenvalue weighted by Gasteiger charge is 2.33. The van der Waals surface area contributed by atoms with Crippen LogP contribution >= 0.6 is 0 Å². The molecule has 4 atom stereocenters. The van der Waals surface area contributed by atoms with E-state index in [9.17, 15) is 20.1 Å². The maximum Gasteiger partial charge on any atom is 0.265 e. The fourth-order valence-corrected chi connectivity index (χ4v) is 0.957. The molecule has 0 unspecified atom stereocenters. The average molecular weight is 254 g/mol. The molecular weight excluding hydrogens is 236 g/mol. The van der Waals surface area contributed by atoms with Crippen LogP contribution in [0.4, 0.5) is 0 Å². The van der Waals surface area contributed by atoms with Crippen LogP contribution in [0.5, 0.6) is 0 Å². The molecule has 8 N–H and O–H groups in total. The van der Waals surface area contributed by atoms with Gasteiger partial charge in [0.1, 0.15) is 18.3 Å². The van der Waals surface area contributed by atoms with Gasteiger partial charge in [0.25, 0.3) is 5.91 Å². The molecule has 0 radical (unpaired) electrons. The quantitative estimate of drug-likeness (QED) is 0.158. The number of aliphatic hydroxyl groups is 6. The van der Waals surface area contributed by atoms with Gasteiger partial charge in [0.05, 0.1) is 13.2 Å². The van der Waals surface area contributed by atoms with E-state index in [1.165, 1.54) is 0 Å². The first kappa shape index (κ1) is 16.2. The van der Waals surface area contributed by atoms with Crippen LogP contribution in [0, 0.1) is 0 Å². The van der Waals surface area contributed by atoms with Crippen LogP contribution in [0.1, 0.15) is 0 Å². The zero-order valence-electron chi connectivity index (χ0n) is 9.02. The van der Waals surface area contributed by atoms with Crippen LogP contribution in [0.25, 0.3) is 0 Å². The van der Waals surface area contributed by atoms with Gasteiger partial charge in [-0.05, 0) is 0 Å². The molecule has 0 aliphatic heterocycles.